The van der Waals surface area contributed by atoms with Gasteiger partial charge in [0, 0.05) is 0 Å². The Kier molecular flexibility index (Phi) is 2.69. The van der Waals surface area contributed by atoms with Gasteiger partial charge in [0.25, 0.3) is 0 Å². The van der Waals surface area contributed by atoms with E-state index >= 15 is 0 Å². The molecule has 2 nitrogen and oxygen atoms in total. The summed E-state index contributed by atoms with van der Waals surface area (Å²) in [4.78, 5) is 0. The lowest BCUT2D eigenvalue weighted by Gasteiger charge is -2.28. The van der Waals surface area contributed by atoms with Gasteiger partial charge in [0.15, 0.2) is 6.29 Å². The van der Waals surface area contributed by atoms with Gasteiger partial charge in [0.2, 0.25) is 0 Å². The maximum atomic E-state index is 8.99. The highest BCUT2D eigenvalue weighted by Gasteiger charge is 2.21. The number of ether oxygens (including phenoxy) is 1. The van der Waals surface area contributed by atoms with Crippen molar-refractivity contribution in [3.8, 4) is 0 Å². The predicted molar refractivity (Wildman–Crippen MR) is 39.5 cm³/mol. The van der Waals surface area contributed by atoms with E-state index in [4.69, 9.17) is 9.84 Å². The maximum Gasteiger partial charge on any atom is 0.154 e. The van der Waals surface area contributed by atoms with Crippen molar-refractivity contribution in [3.63, 3.8) is 0 Å². The van der Waals surface area contributed by atoms with E-state index in [1.807, 2.05) is 0 Å². The summed E-state index contributed by atoms with van der Waals surface area (Å²) >= 11 is 0. The van der Waals surface area contributed by atoms with Crippen LogP contribution in [0.5, 0.6) is 0 Å². The minimum absolute atomic E-state index is 0.491. The van der Waals surface area contributed by atoms with Crippen LogP contribution in [0.1, 0.15) is 26.7 Å². The number of rotatable bonds is 1. The van der Waals surface area contributed by atoms with Gasteiger partial charge in [-0.15, -0.1) is 0 Å². The van der Waals surface area contributed by atoms with Crippen molar-refractivity contribution in [2.75, 3.05) is 6.61 Å². The molecule has 60 valence electrons. The van der Waals surface area contributed by atoms with Gasteiger partial charge in [-0.3, -0.25) is 0 Å². The molecule has 1 aliphatic rings. The van der Waals surface area contributed by atoms with Crippen molar-refractivity contribution in [1.82, 2.24) is 0 Å². The van der Waals surface area contributed by atoms with E-state index in [2.05, 4.69) is 13.8 Å². The second kappa shape index (κ2) is 3.35. The fourth-order valence-electron chi connectivity index (χ4n) is 1.28. The van der Waals surface area contributed by atoms with Crippen LogP contribution in [0.25, 0.3) is 0 Å². The minimum Gasteiger partial charge on any atom is -0.368 e. The summed E-state index contributed by atoms with van der Waals surface area (Å²) in [6.45, 7) is 5.14. The van der Waals surface area contributed by atoms with Crippen LogP contribution in [0.3, 0.4) is 0 Å². The number of hydrogen-bond donors (Lipinski definition) is 1. The smallest absolute Gasteiger partial charge is 0.154 e. The van der Waals surface area contributed by atoms with Crippen LogP contribution in [0, 0.1) is 11.8 Å². The minimum atomic E-state index is -0.491. The zero-order valence-corrected chi connectivity index (χ0v) is 6.71. The fraction of sp³-hybridized carbons (Fsp3) is 1.00. The Morgan fingerprint density at radius 2 is 2.10 bits per heavy atom. The molecule has 1 fully saturated rings. The normalized spacial score (nSPS) is 34.8. The molecule has 0 spiro atoms. The van der Waals surface area contributed by atoms with E-state index in [0.717, 1.165) is 19.4 Å². The van der Waals surface area contributed by atoms with Crippen LogP contribution in [-0.2, 0) is 4.74 Å². The summed E-state index contributed by atoms with van der Waals surface area (Å²) < 4.78 is 5.11. The molecule has 0 bridgehead atoms. The molecule has 2 atom stereocenters. The van der Waals surface area contributed by atoms with Crippen LogP contribution in [0.2, 0.25) is 0 Å². The SMILES string of the molecule is CC(C)C1CCC(O)OC1. The quantitative estimate of drug-likeness (QED) is 0.602. The summed E-state index contributed by atoms with van der Waals surface area (Å²) in [5, 5.41) is 8.99. The average Bonchev–Trinajstić information content (AvgIpc) is 1.88. The predicted octanol–water partition coefficient (Wildman–Crippen LogP) is 1.39. The van der Waals surface area contributed by atoms with Crippen LogP contribution in [0.4, 0.5) is 0 Å². The lowest BCUT2D eigenvalue weighted by Crippen LogP contribution is -2.28. The van der Waals surface area contributed by atoms with Gasteiger partial charge >= 0.3 is 0 Å². The second-order valence-electron chi connectivity index (χ2n) is 3.37. The second-order valence-corrected chi connectivity index (χ2v) is 3.37. The van der Waals surface area contributed by atoms with E-state index in [0.29, 0.717) is 11.8 Å². The monoisotopic (exact) mass is 144 g/mol. The van der Waals surface area contributed by atoms with Gasteiger partial charge in [-0.05, 0) is 24.7 Å². The molecule has 1 aliphatic heterocycles. The van der Waals surface area contributed by atoms with Gasteiger partial charge in [-0.1, -0.05) is 13.8 Å². The average molecular weight is 144 g/mol. The first kappa shape index (κ1) is 8.02. The van der Waals surface area contributed by atoms with Gasteiger partial charge < -0.3 is 9.84 Å². The van der Waals surface area contributed by atoms with Crippen molar-refractivity contribution in [1.29, 1.82) is 0 Å². The van der Waals surface area contributed by atoms with Crippen molar-refractivity contribution in [3.05, 3.63) is 0 Å². The first-order valence-corrected chi connectivity index (χ1v) is 4.00. The summed E-state index contributed by atoms with van der Waals surface area (Å²) in [7, 11) is 0. The van der Waals surface area contributed by atoms with Crippen molar-refractivity contribution in [2.45, 2.75) is 33.0 Å². The van der Waals surface area contributed by atoms with Crippen LogP contribution in [-0.4, -0.2) is 18.0 Å². The molecule has 0 saturated carbocycles. The molecular formula is C8H16O2. The summed E-state index contributed by atoms with van der Waals surface area (Å²) in [6.07, 6.45) is 1.43. The fourth-order valence-corrected chi connectivity index (χ4v) is 1.28. The van der Waals surface area contributed by atoms with E-state index < -0.39 is 6.29 Å². The Balaban J connectivity index is 2.26. The molecule has 0 aromatic carbocycles. The topological polar surface area (TPSA) is 29.5 Å². The zero-order valence-electron chi connectivity index (χ0n) is 6.71. The Morgan fingerprint density at radius 1 is 1.40 bits per heavy atom. The van der Waals surface area contributed by atoms with E-state index in [-0.39, 0.29) is 0 Å². The third-order valence-corrected chi connectivity index (χ3v) is 2.23. The standard InChI is InChI=1S/C8H16O2/c1-6(2)7-3-4-8(9)10-5-7/h6-9H,3-5H2,1-2H3. The first-order valence-electron chi connectivity index (χ1n) is 4.00. The molecule has 1 N–H and O–H groups in total. The molecule has 2 heteroatoms. The number of aliphatic hydroxyl groups is 1. The molecule has 0 aliphatic carbocycles. The molecule has 0 amide bonds. The van der Waals surface area contributed by atoms with Gasteiger partial charge in [-0.25, -0.2) is 0 Å². The van der Waals surface area contributed by atoms with E-state index in [9.17, 15) is 0 Å². The zero-order chi connectivity index (χ0) is 7.56. The van der Waals surface area contributed by atoms with Crippen LogP contribution >= 0.6 is 0 Å². The van der Waals surface area contributed by atoms with Gasteiger partial charge in [0.05, 0.1) is 6.61 Å². The molecule has 1 saturated heterocycles. The molecule has 10 heavy (non-hydrogen) atoms. The number of aliphatic hydroxyl groups excluding tert-OH is 1. The van der Waals surface area contributed by atoms with Crippen LogP contribution < -0.4 is 0 Å². The third-order valence-electron chi connectivity index (χ3n) is 2.23. The summed E-state index contributed by atoms with van der Waals surface area (Å²) in [5.74, 6) is 1.34. The lowest BCUT2D eigenvalue weighted by atomic mass is 9.90. The molecule has 1 rings (SSSR count). The molecule has 0 radical (unpaired) electrons. The Bertz CT molecular complexity index is 93.4. The van der Waals surface area contributed by atoms with Crippen LogP contribution in [0.15, 0.2) is 0 Å². The van der Waals surface area contributed by atoms with Crippen molar-refractivity contribution in [2.24, 2.45) is 11.8 Å². The highest BCUT2D eigenvalue weighted by atomic mass is 16.6. The number of hydrogen-bond acceptors (Lipinski definition) is 2. The lowest BCUT2D eigenvalue weighted by molar-refractivity contribution is -0.145. The summed E-state index contributed by atoms with van der Waals surface area (Å²) in [6, 6.07) is 0. The highest BCUT2D eigenvalue weighted by molar-refractivity contribution is 4.67. The van der Waals surface area contributed by atoms with Gasteiger partial charge in [0.1, 0.15) is 0 Å². The Labute approximate surface area is 62.2 Å². The molecule has 0 aromatic heterocycles. The molecule has 2 unspecified atom stereocenters. The summed E-state index contributed by atoms with van der Waals surface area (Å²) in [5.41, 5.74) is 0. The molecule has 0 aromatic rings. The first-order chi connectivity index (χ1) is 4.70. The molecule has 1 heterocycles. The maximum absolute atomic E-state index is 8.99. The molecular weight excluding hydrogens is 128 g/mol. The van der Waals surface area contributed by atoms with Gasteiger partial charge in [-0.2, -0.15) is 0 Å². The van der Waals surface area contributed by atoms with E-state index in [1.54, 1.807) is 0 Å². The highest BCUT2D eigenvalue weighted by Crippen LogP contribution is 2.23. The van der Waals surface area contributed by atoms with Crippen molar-refractivity contribution < 1.29 is 9.84 Å². The Hall–Kier alpha value is -0.0800. The van der Waals surface area contributed by atoms with E-state index in [1.165, 1.54) is 0 Å². The third kappa shape index (κ3) is 1.96. The Morgan fingerprint density at radius 3 is 2.50 bits per heavy atom. The largest absolute Gasteiger partial charge is 0.368 e. The van der Waals surface area contributed by atoms with Crippen molar-refractivity contribution >= 4 is 0 Å².